The monoisotopic (exact) mass is 402 g/mol. The number of aromatic hydroxyl groups is 1. The number of aromatic nitrogens is 5. The molecule has 3 aromatic rings. The number of hydrogen-bond acceptors (Lipinski definition) is 10. The van der Waals surface area contributed by atoms with E-state index in [0.29, 0.717) is 16.3 Å². The molecule has 0 unspecified atom stereocenters. The summed E-state index contributed by atoms with van der Waals surface area (Å²) in [7, 11) is 1.43. The second-order valence-electron chi connectivity index (χ2n) is 5.19. The number of hydrogen-bond donors (Lipinski definition) is 4. The fourth-order valence-corrected chi connectivity index (χ4v) is 2.71. The van der Waals surface area contributed by atoms with Gasteiger partial charge < -0.3 is 9.84 Å². The van der Waals surface area contributed by atoms with Gasteiger partial charge in [-0.2, -0.15) is 10.2 Å². The molecular formula is C15H14N8O4S. The Morgan fingerprint density at radius 3 is 3.00 bits per heavy atom. The predicted octanol–water partition coefficient (Wildman–Crippen LogP) is 0.315. The van der Waals surface area contributed by atoms with Gasteiger partial charge in [-0.05, 0) is 23.8 Å². The van der Waals surface area contributed by atoms with E-state index in [9.17, 15) is 14.7 Å². The third kappa shape index (κ3) is 4.85. The van der Waals surface area contributed by atoms with Crippen LogP contribution in [-0.2, 0) is 11.2 Å². The molecule has 0 aliphatic carbocycles. The average molecular weight is 402 g/mol. The lowest BCUT2D eigenvalue weighted by atomic mass is 10.2. The van der Waals surface area contributed by atoms with Crippen LogP contribution in [0.25, 0.3) is 0 Å². The number of amides is 2. The van der Waals surface area contributed by atoms with Gasteiger partial charge in [0.25, 0.3) is 5.91 Å². The molecule has 3 rings (SSSR count). The maximum atomic E-state index is 11.9. The molecule has 2 heterocycles. The Morgan fingerprint density at radius 1 is 1.39 bits per heavy atom. The summed E-state index contributed by atoms with van der Waals surface area (Å²) < 4.78 is 4.99. The highest BCUT2D eigenvalue weighted by atomic mass is 32.1. The Kier molecular flexibility index (Phi) is 5.86. The van der Waals surface area contributed by atoms with Gasteiger partial charge in [0.2, 0.25) is 16.9 Å². The van der Waals surface area contributed by atoms with E-state index in [1.54, 1.807) is 12.1 Å². The first kappa shape index (κ1) is 18.9. The molecule has 0 bridgehead atoms. The summed E-state index contributed by atoms with van der Waals surface area (Å²) in [5.74, 6) is -0.588. The van der Waals surface area contributed by atoms with Crippen molar-refractivity contribution in [2.45, 2.75) is 6.42 Å². The van der Waals surface area contributed by atoms with Crippen molar-refractivity contribution in [2.24, 2.45) is 5.10 Å². The lowest BCUT2D eigenvalue weighted by Gasteiger charge is -2.03. The number of rotatable bonds is 7. The first-order valence-corrected chi connectivity index (χ1v) is 8.55. The number of carbonyl (C=O) groups is 2. The number of nitrogens with zero attached hydrogens (tertiary/aromatic N) is 5. The van der Waals surface area contributed by atoms with Crippen molar-refractivity contribution in [3.63, 3.8) is 0 Å². The number of aromatic amines is 1. The standard InChI is InChI=1S/C15H14N8O4S/c1-27-10-4-8(2-3-9(10)24)6-17-20-11(25)5-12-21-23-15(28-12)19-14(26)13-16-7-18-22-13/h2-4,6-7,24H,5H2,1H3,(H,20,25)(H,16,18,22)(H,19,23,26)/b17-6+. The van der Waals surface area contributed by atoms with Crippen molar-refractivity contribution in [3.8, 4) is 11.5 Å². The Balaban J connectivity index is 1.51. The fourth-order valence-electron chi connectivity index (χ4n) is 1.98. The van der Waals surface area contributed by atoms with Crippen LogP contribution in [0.15, 0.2) is 29.6 Å². The molecule has 0 spiro atoms. The molecule has 28 heavy (non-hydrogen) atoms. The Bertz CT molecular complexity index is 1000. The third-order valence-corrected chi connectivity index (χ3v) is 4.07. The predicted molar refractivity (Wildman–Crippen MR) is 98.3 cm³/mol. The lowest BCUT2D eigenvalue weighted by Crippen LogP contribution is -2.19. The summed E-state index contributed by atoms with van der Waals surface area (Å²) in [6.45, 7) is 0. The van der Waals surface area contributed by atoms with Crippen LogP contribution in [0.5, 0.6) is 11.5 Å². The van der Waals surface area contributed by atoms with Crippen molar-refractivity contribution in [2.75, 3.05) is 12.4 Å². The molecule has 2 aromatic heterocycles. The maximum Gasteiger partial charge on any atom is 0.294 e. The second kappa shape index (κ2) is 8.68. The van der Waals surface area contributed by atoms with Crippen molar-refractivity contribution >= 4 is 34.5 Å². The Hall–Kier alpha value is -3.87. The zero-order valence-electron chi connectivity index (χ0n) is 14.4. The van der Waals surface area contributed by atoms with E-state index in [2.05, 4.69) is 41.2 Å². The molecule has 0 aliphatic heterocycles. The normalized spacial score (nSPS) is 10.8. The zero-order chi connectivity index (χ0) is 19.9. The minimum Gasteiger partial charge on any atom is -0.504 e. The second-order valence-corrected chi connectivity index (χ2v) is 6.25. The zero-order valence-corrected chi connectivity index (χ0v) is 15.2. The van der Waals surface area contributed by atoms with Gasteiger partial charge in [-0.25, -0.2) is 10.4 Å². The highest BCUT2D eigenvalue weighted by molar-refractivity contribution is 7.15. The molecule has 12 nitrogen and oxygen atoms in total. The number of anilines is 1. The SMILES string of the molecule is COc1cc(/C=N/NC(=O)Cc2nnc(NC(=O)c3ncn[nH]3)s2)ccc1O. The minimum atomic E-state index is -0.515. The van der Waals surface area contributed by atoms with Gasteiger partial charge in [-0.1, -0.05) is 11.3 Å². The fraction of sp³-hybridized carbons (Fsp3) is 0.133. The summed E-state index contributed by atoms with van der Waals surface area (Å²) in [5, 5.41) is 30.1. The third-order valence-electron chi connectivity index (χ3n) is 3.24. The van der Waals surface area contributed by atoms with Crippen LogP contribution < -0.4 is 15.5 Å². The summed E-state index contributed by atoms with van der Waals surface area (Å²) in [6.07, 6.45) is 2.55. The first-order chi connectivity index (χ1) is 13.5. The first-order valence-electron chi connectivity index (χ1n) is 7.73. The van der Waals surface area contributed by atoms with E-state index in [1.165, 1.54) is 25.7 Å². The molecule has 0 aliphatic rings. The topological polar surface area (TPSA) is 167 Å². The van der Waals surface area contributed by atoms with Gasteiger partial charge in [-0.3, -0.25) is 20.0 Å². The molecule has 0 fully saturated rings. The van der Waals surface area contributed by atoms with Gasteiger partial charge in [-0.15, -0.1) is 10.2 Å². The van der Waals surface area contributed by atoms with E-state index in [-0.39, 0.29) is 23.1 Å². The smallest absolute Gasteiger partial charge is 0.294 e. The van der Waals surface area contributed by atoms with Crippen LogP contribution in [0.3, 0.4) is 0 Å². The Morgan fingerprint density at radius 2 is 2.25 bits per heavy atom. The summed E-state index contributed by atoms with van der Waals surface area (Å²) in [5.41, 5.74) is 2.99. The van der Waals surface area contributed by atoms with Gasteiger partial charge in [0.1, 0.15) is 11.3 Å². The molecular weight excluding hydrogens is 388 g/mol. The molecule has 4 N–H and O–H groups in total. The average Bonchev–Trinajstić information content (AvgIpc) is 3.35. The molecule has 1 aromatic carbocycles. The number of carbonyl (C=O) groups excluding carboxylic acids is 2. The number of phenolic OH excluding ortho intramolecular Hbond substituents is 1. The van der Waals surface area contributed by atoms with Crippen molar-refractivity contribution in [1.82, 2.24) is 30.8 Å². The number of phenols is 1. The quantitative estimate of drug-likeness (QED) is 0.323. The number of ether oxygens (including phenoxy) is 1. The molecule has 144 valence electrons. The van der Waals surface area contributed by atoms with E-state index in [0.717, 1.165) is 11.3 Å². The van der Waals surface area contributed by atoms with Gasteiger partial charge in [0.15, 0.2) is 11.5 Å². The lowest BCUT2D eigenvalue weighted by molar-refractivity contribution is -0.120. The summed E-state index contributed by atoms with van der Waals surface area (Å²) in [4.78, 5) is 27.5. The van der Waals surface area contributed by atoms with E-state index >= 15 is 0 Å². The van der Waals surface area contributed by atoms with E-state index in [4.69, 9.17) is 4.74 Å². The number of methoxy groups -OCH3 is 1. The molecule has 0 radical (unpaired) electrons. The highest BCUT2D eigenvalue weighted by Gasteiger charge is 2.14. The Labute approximate surface area is 161 Å². The van der Waals surface area contributed by atoms with Gasteiger partial charge in [0.05, 0.1) is 19.7 Å². The molecule has 0 atom stereocenters. The molecule has 2 amide bonds. The maximum absolute atomic E-state index is 11.9. The van der Waals surface area contributed by atoms with Crippen LogP contribution in [0, 0.1) is 0 Å². The van der Waals surface area contributed by atoms with Crippen molar-refractivity contribution in [3.05, 3.63) is 40.9 Å². The molecule has 0 saturated carbocycles. The van der Waals surface area contributed by atoms with E-state index < -0.39 is 11.8 Å². The van der Waals surface area contributed by atoms with E-state index in [1.807, 2.05) is 0 Å². The van der Waals surface area contributed by atoms with Gasteiger partial charge in [0, 0.05) is 0 Å². The van der Waals surface area contributed by atoms with Crippen LogP contribution in [0.2, 0.25) is 0 Å². The minimum absolute atomic E-state index is 0.00570. The van der Waals surface area contributed by atoms with Crippen molar-refractivity contribution < 1.29 is 19.4 Å². The van der Waals surface area contributed by atoms with Crippen LogP contribution in [0.1, 0.15) is 21.2 Å². The molecule has 0 saturated heterocycles. The largest absolute Gasteiger partial charge is 0.504 e. The van der Waals surface area contributed by atoms with Crippen LogP contribution in [0.4, 0.5) is 5.13 Å². The number of H-pyrrole nitrogens is 1. The number of nitrogens with one attached hydrogen (secondary N) is 3. The number of hydrazone groups is 1. The number of benzene rings is 1. The van der Waals surface area contributed by atoms with Crippen LogP contribution in [-0.4, -0.2) is 55.6 Å². The van der Waals surface area contributed by atoms with Gasteiger partial charge >= 0.3 is 0 Å². The molecule has 13 heteroatoms. The summed E-state index contributed by atoms with van der Waals surface area (Å²) in [6, 6.07) is 4.64. The van der Waals surface area contributed by atoms with Crippen molar-refractivity contribution in [1.29, 1.82) is 0 Å². The van der Waals surface area contributed by atoms with Crippen LogP contribution >= 0.6 is 11.3 Å². The highest BCUT2D eigenvalue weighted by Crippen LogP contribution is 2.25. The summed E-state index contributed by atoms with van der Waals surface area (Å²) >= 11 is 1.05.